The largest absolute Gasteiger partial charge is 0.391 e. The Morgan fingerprint density at radius 3 is 2.71 bits per heavy atom. The molecule has 0 spiro atoms. The van der Waals surface area contributed by atoms with Crippen molar-refractivity contribution in [3.63, 3.8) is 0 Å². The number of β-amino-alcohol motifs (C(OH)–C–C–N with tert-alkyl or cyclic N) is 1. The fourth-order valence-electron chi connectivity index (χ4n) is 5.35. The lowest BCUT2D eigenvalue weighted by atomic mass is 9.85. The fraction of sp³-hybridized carbons (Fsp3) is 0.680. The molecule has 10 nitrogen and oxygen atoms in total. The molecule has 2 aliphatic carbocycles. The number of aromatic nitrogens is 5. The van der Waals surface area contributed by atoms with Gasteiger partial charge in [0.1, 0.15) is 17.9 Å². The van der Waals surface area contributed by atoms with E-state index < -0.39 is 23.6 Å². The maximum Gasteiger partial charge on any atom is 0.248 e. The predicted octanol–water partition coefficient (Wildman–Crippen LogP) is 1.48. The van der Waals surface area contributed by atoms with E-state index in [1.165, 1.54) is 4.90 Å². The minimum atomic E-state index is -0.739. The summed E-state index contributed by atoms with van der Waals surface area (Å²) in [6.07, 6.45) is 7.63. The third kappa shape index (κ3) is 4.94. The lowest BCUT2D eigenvalue weighted by Gasteiger charge is -2.35. The predicted molar refractivity (Wildman–Crippen MR) is 127 cm³/mol. The van der Waals surface area contributed by atoms with Gasteiger partial charge >= 0.3 is 0 Å². The van der Waals surface area contributed by atoms with Gasteiger partial charge < -0.3 is 15.3 Å². The van der Waals surface area contributed by atoms with Crippen LogP contribution in [0, 0.1) is 12.3 Å². The Balaban J connectivity index is 1.32. The minimum absolute atomic E-state index is 0.0502. The maximum absolute atomic E-state index is 13.9. The van der Waals surface area contributed by atoms with E-state index >= 15 is 0 Å². The van der Waals surface area contributed by atoms with Crippen molar-refractivity contribution in [3.8, 4) is 0 Å². The molecule has 3 aliphatic rings. The van der Waals surface area contributed by atoms with Gasteiger partial charge in [-0.1, -0.05) is 26.0 Å². The number of nitrogens with zero attached hydrogens (tertiary/aromatic N) is 6. The molecule has 0 bridgehead atoms. The highest BCUT2D eigenvalue weighted by Crippen LogP contribution is 2.40. The van der Waals surface area contributed by atoms with Crippen molar-refractivity contribution in [3.05, 3.63) is 35.2 Å². The number of hydrogen-bond acceptors (Lipinski definition) is 7. The van der Waals surface area contributed by atoms with E-state index in [0.29, 0.717) is 12.3 Å². The Morgan fingerprint density at radius 2 is 2.00 bits per heavy atom. The van der Waals surface area contributed by atoms with Gasteiger partial charge in [-0.05, 0) is 50.0 Å². The van der Waals surface area contributed by atoms with Crippen LogP contribution in [0.15, 0.2) is 12.4 Å². The molecule has 4 atom stereocenters. The van der Waals surface area contributed by atoms with Crippen LogP contribution in [-0.2, 0) is 22.4 Å². The number of carbonyl (C=O) groups is 2. The third-order valence-electron chi connectivity index (χ3n) is 7.32. The van der Waals surface area contributed by atoms with E-state index in [9.17, 15) is 14.7 Å². The van der Waals surface area contributed by atoms with Gasteiger partial charge in [0.2, 0.25) is 11.8 Å². The molecule has 1 aliphatic heterocycles. The summed E-state index contributed by atoms with van der Waals surface area (Å²) in [4.78, 5) is 37.6. The van der Waals surface area contributed by atoms with Crippen molar-refractivity contribution in [2.75, 3.05) is 6.54 Å². The molecule has 2 aromatic rings. The van der Waals surface area contributed by atoms with Gasteiger partial charge in [0.05, 0.1) is 11.8 Å². The van der Waals surface area contributed by atoms with Gasteiger partial charge in [0.15, 0.2) is 0 Å². The molecular weight excluding hydrogens is 446 g/mol. The number of likely N-dealkylation sites (tertiary alicyclic amines) is 1. The number of carbonyl (C=O) groups excluding carboxylic acids is 2. The summed E-state index contributed by atoms with van der Waals surface area (Å²) in [5, 5.41) is 22.2. The first-order chi connectivity index (χ1) is 16.6. The fourth-order valence-corrected chi connectivity index (χ4v) is 5.35. The number of hydrogen-bond donors (Lipinski definition) is 2. The number of nitrogens with one attached hydrogen (secondary N) is 1. The minimum Gasteiger partial charge on any atom is -0.391 e. The SMILES string of the molecule is Cc1ncc2c(n1)CCC(NC(=O)C1CC(O)CN1C(=O)[C@@H](n1cc(C3CC3)nn1)C(C)(C)C)C2. The van der Waals surface area contributed by atoms with Crippen LogP contribution in [0.1, 0.15) is 81.2 Å². The third-order valence-corrected chi connectivity index (χ3v) is 7.32. The highest BCUT2D eigenvalue weighted by atomic mass is 16.3. The number of fused-ring (bicyclic) bond motifs is 1. The Morgan fingerprint density at radius 1 is 1.23 bits per heavy atom. The van der Waals surface area contributed by atoms with Crippen LogP contribution in [0.3, 0.4) is 0 Å². The average molecular weight is 482 g/mol. The Hall–Kier alpha value is -2.88. The first kappa shape index (κ1) is 23.8. The molecule has 35 heavy (non-hydrogen) atoms. The molecule has 5 rings (SSSR count). The van der Waals surface area contributed by atoms with Crippen molar-refractivity contribution in [2.45, 2.75) is 96.4 Å². The van der Waals surface area contributed by atoms with Gasteiger partial charge in [-0.2, -0.15) is 0 Å². The second-order valence-electron chi connectivity index (χ2n) is 11.4. The zero-order valence-corrected chi connectivity index (χ0v) is 20.9. The van der Waals surface area contributed by atoms with Gasteiger partial charge in [0.25, 0.3) is 0 Å². The average Bonchev–Trinajstić information content (AvgIpc) is 3.40. The van der Waals surface area contributed by atoms with Crippen molar-refractivity contribution in [2.24, 2.45) is 5.41 Å². The lowest BCUT2D eigenvalue weighted by Crippen LogP contribution is -2.52. The van der Waals surface area contributed by atoms with E-state index in [1.807, 2.05) is 40.1 Å². The topological polar surface area (TPSA) is 126 Å². The first-order valence-corrected chi connectivity index (χ1v) is 12.6. The number of aliphatic hydroxyl groups excluding tert-OH is 1. The van der Waals surface area contributed by atoms with E-state index in [0.717, 1.165) is 48.5 Å². The molecule has 1 saturated heterocycles. The molecule has 1 saturated carbocycles. The standard InChI is InChI=1S/C25H35N7O3/c1-14-26-11-16-9-17(7-8-19(16)27-14)28-23(34)21-10-18(33)12-31(21)24(35)22(25(2,3)4)32-13-20(29-30-32)15-5-6-15/h11,13,15,17-18,21-22,33H,5-10,12H2,1-4H3,(H,28,34)/t17?,18?,21?,22-/m1/s1. The zero-order valence-electron chi connectivity index (χ0n) is 20.9. The molecule has 2 N–H and O–H groups in total. The van der Waals surface area contributed by atoms with Gasteiger partial charge in [-0.3, -0.25) is 9.59 Å². The summed E-state index contributed by atoms with van der Waals surface area (Å²) >= 11 is 0. The summed E-state index contributed by atoms with van der Waals surface area (Å²) in [5.41, 5.74) is 2.56. The van der Waals surface area contributed by atoms with E-state index in [2.05, 4.69) is 25.6 Å². The quantitative estimate of drug-likeness (QED) is 0.662. The van der Waals surface area contributed by atoms with Crippen LogP contribution >= 0.6 is 0 Å². The maximum atomic E-state index is 13.9. The highest BCUT2D eigenvalue weighted by molar-refractivity contribution is 5.90. The van der Waals surface area contributed by atoms with Gasteiger partial charge in [-0.25, -0.2) is 14.6 Å². The van der Waals surface area contributed by atoms with Crippen molar-refractivity contribution >= 4 is 11.8 Å². The summed E-state index contributed by atoms with van der Waals surface area (Å²) in [6.45, 7) is 7.97. The Kier molecular flexibility index (Phi) is 6.11. The number of aliphatic hydroxyl groups is 1. The van der Waals surface area contributed by atoms with Gasteiger partial charge in [-0.15, -0.1) is 5.10 Å². The molecule has 2 fully saturated rings. The second-order valence-corrected chi connectivity index (χ2v) is 11.4. The Labute approximate surface area is 205 Å². The van der Waals surface area contributed by atoms with Crippen LogP contribution < -0.4 is 5.32 Å². The molecule has 0 aromatic carbocycles. The monoisotopic (exact) mass is 481 g/mol. The summed E-state index contributed by atoms with van der Waals surface area (Å²) in [5.74, 6) is 0.757. The normalized spacial score (nSPS) is 25.3. The van der Waals surface area contributed by atoms with Crippen LogP contribution in [0.4, 0.5) is 0 Å². The van der Waals surface area contributed by atoms with Crippen LogP contribution in [-0.4, -0.2) is 71.5 Å². The van der Waals surface area contributed by atoms with Crippen molar-refractivity contribution in [1.29, 1.82) is 0 Å². The highest BCUT2D eigenvalue weighted by Gasteiger charge is 2.45. The smallest absolute Gasteiger partial charge is 0.248 e. The first-order valence-electron chi connectivity index (χ1n) is 12.6. The zero-order chi connectivity index (χ0) is 24.9. The second kappa shape index (κ2) is 8.96. The van der Waals surface area contributed by atoms with Crippen molar-refractivity contribution in [1.82, 2.24) is 35.2 Å². The Bertz CT molecular complexity index is 1120. The number of aryl methyl sites for hydroxylation is 2. The molecule has 3 heterocycles. The van der Waals surface area contributed by atoms with Crippen LogP contribution in [0.25, 0.3) is 0 Å². The lowest BCUT2D eigenvalue weighted by molar-refractivity contribution is -0.144. The molecule has 2 aromatic heterocycles. The van der Waals surface area contributed by atoms with E-state index in [1.54, 1.807) is 4.68 Å². The molecule has 0 radical (unpaired) electrons. The molecule has 188 valence electrons. The van der Waals surface area contributed by atoms with Gasteiger partial charge in [0, 0.05) is 43.0 Å². The molecule has 3 unspecified atom stereocenters. The summed E-state index contributed by atoms with van der Waals surface area (Å²) in [7, 11) is 0. The molecule has 10 heteroatoms. The van der Waals surface area contributed by atoms with E-state index in [4.69, 9.17) is 0 Å². The summed E-state index contributed by atoms with van der Waals surface area (Å²) in [6, 6.07) is -1.39. The number of rotatable bonds is 5. The number of amides is 2. The van der Waals surface area contributed by atoms with Crippen LogP contribution in [0.2, 0.25) is 0 Å². The molecule has 2 amide bonds. The molecular formula is C25H35N7O3. The van der Waals surface area contributed by atoms with E-state index in [-0.39, 0.29) is 30.8 Å². The summed E-state index contributed by atoms with van der Waals surface area (Å²) < 4.78 is 1.65. The van der Waals surface area contributed by atoms with Crippen LogP contribution in [0.5, 0.6) is 0 Å². The van der Waals surface area contributed by atoms with Crippen molar-refractivity contribution < 1.29 is 14.7 Å².